The number of hydrogen-bond acceptors (Lipinski definition) is 5. The Labute approximate surface area is 218 Å². The highest BCUT2D eigenvalue weighted by molar-refractivity contribution is 6.24. The molecule has 0 radical (unpaired) electrons. The normalized spacial score (nSPS) is 18.1. The molecule has 190 valence electrons. The van der Waals surface area contributed by atoms with Gasteiger partial charge in [-0.2, -0.15) is 0 Å². The van der Waals surface area contributed by atoms with E-state index >= 15 is 0 Å². The summed E-state index contributed by atoms with van der Waals surface area (Å²) in [7, 11) is 0. The Morgan fingerprint density at radius 3 is 2.38 bits per heavy atom. The first-order valence-electron chi connectivity index (χ1n) is 13.2. The number of ether oxygens (including phenoxy) is 1. The Morgan fingerprint density at radius 2 is 1.68 bits per heavy atom. The predicted octanol–water partition coefficient (Wildman–Crippen LogP) is 6.10. The third-order valence-electron chi connectivity index (χ3n) is 7.03. The first-order chi connectivity index (χ1) is 18.1. The summed E-state index contributed by atoms with van der Waals surface area (Å²) in [6.45, 7) is 5.34. The fourth-order valence-corrected chi connectivity index (χ4v) is 5.15. The fraction of sp³-hybridized carbons (Fsp3) is 0.323. The molecule has 0 aliphatic carbocycles. The van der Waals surface area contributed by atoms with Crippen molar-refractivity contribution in [3.8, 4) is 0 Å². The zero-order valence-corrected chi connectivity index (χ0v) is 21.3. The van der Waals surface area contributed by atoms with Gasteiger partial charge in [0.05, 0.1) is 23.6 Å². The summed E-state index contributed by atoms with van der Waals surface area (Å²) in [5.74, 6) is -1.14. The molecule has 5 rings (SSSR count). The van der Waals surface area contributed by atoms with Crippen LogP contribution in [0.25, 0.3) is 0 Å². The second kappa shape index (κ2) is 11.5. The highest BCUT2D eigenvalue weighted by Crippen LogP contribution is 2.37. The second-order valence-corrected chi connectivity index (χ2v) is 9.66. The molecule has 1 fully saturated rings. The molecule has 0 bridgehead atoms. The summed E-state index contributed by atoms with van der Waals surface area (Å²) >= 11 is 0. The van der Waals surface area contributed by atoms with Crippen LogP contribution in [0.15, 0.2) is 77.8 Å². The Balaban J connectivity index is 1.45. The van der Waals surface area contributed by atoms with Gasteiger partial charge in [-0.25, -0.2) is 4.79 Å². The monoisotopic (exact) mass is 495 g/mol. The summed E-state index contributed by atoms with van der Waals surface area (Å²) in [6, 6.07) is 23.4. The smallest absolute Gasteiger partial charge is 0.338 e. The van der Waals surface area contributed by atoms with Crippen molar-refractivity contribution in [3.63, 3.8) is 0 Å². The minimum atomic E-state index is -0.578. The summed E-state index contributed by atoms with van der Waals surface area (Å²) in [5, 5.41) is 2.95. The van der Waals surface area contributed by atoms with Gasteiger partial charge in [-0.3, -0.25) is 14.7 Å². The Bertz CT molecular complexity index is 1280. The molecule has 0 spiro atoms. The van der Waals surface area contributed by atoms with Crippen molar-refractivity contribution >= 4 is 29.0 Å². The zero-order valence-electron chi connectivity index (χ0n) is 21.3. The number of rotatable bonds is 7. The number of aliphatic imine (C=N–C) groups is 1. The van der Waals surface area contributed by atoms with Gasteiger partial charge in [-0.05, 0) is 73.8 Å². The SMILES string of the molecule is CCOC(=O)c1ccc2c(c1)NC(=O)C2C(=Nc1ccc(CN2CCCCCC2)cc1)c1ccccc1. The zero-order chi connectivity index (χ0) is 25.6. The fourth-order valence-electron chi connectivity index (χ4n) is 5.15. The van der Waals surface area contributed by atoms with Crippen molar-refractivity contribution in [2.45, 2.75) is 45.1 Å². The second-order valence-electron chi connectivity index (χ2n) is 9.66. The van der Waals surface area contributed by atoms with Crippen molar-refractivity contribution < 1.29 is 14.3 Å². The van der Waals surface area contributed by atoms with E-state index in [4.69, 9.17) is 9.73 Å². The van der Waals surface area contributed by atoms with Gasteiger partial charge in [-0.1, -0.05) is 61.4 Å². The maximum absolute atomic E-state index is 13.2. The third-order valence-corrected chi connectivity index (χ3v) is 7.03. The van der Waals surface area contributed by atoms with Crippen molar-refractivity contribution in [1.82, 2.24) is 4.90 Å². The van der Waals surface area contributed by atoms with Gasteiger partial charge in [0.15, 0.2) is 0 Å². The average Bonchev–Trinajstić information content (AvgIpc) is 3.05. The van der Waals surface area contributed by atoms with Crippen LogP contribution in [-0.4, -0.2) is 42.2 Å². The van der Waals surface area contributed by atoms with Crippen LogP contribution in [0, 0.1) is 0 Å². The number of likely N-dealkylation sites (tertiary alicyclic amines) is 1. The van der Waals surface area contributed by atoms with Crippen molar-refractivity contribution in [2.24, 2.45) is 4.99 Å². The molecule has 6 heteroatoms. The number of nitrogens with zero attached hydrogens (tertiary/aromatic N) is 2. The molecule has 6 nitrogen and oxygen atoms in total. The Morgan fingerprint density at radius 1 is 0.946 bits per heavy atom. The molecule has 2 aliphatic heterocycles. The minimum Gasteiger partial charge on any atom is -0.462 e. The van der Waals surface area contributed by atoms with E-state index in [-0.39, 0.29) is 5.91 Å². The minimum absolute atomic E-state index is 0.156. The molecule has 2 aliphatic rings. The summed E-state index contributed by atoms with van der Waals surface area (Å²) in [5.41, 5.74) is 5.50. The third kappa shape index (κ3) is 5.81. The number of benzene rings is 3. The molecule has 3 aromatic rings. The standard InChI is InChI=1S/C31H33N3O3/c1-2-37-31(36)24-14-17-26-27(20-24)33-30(35)28(26)29(23-10-6-5-7-11-23)32-25-15-12-22(13-16-25)21-34-18-8-3-4-9-19-34/h5-7,10-17,20,28H,2-4,8-9,18-19,21H2,1H3,(H,33,35). The van der Waals surface area contributed by atoms with Crippen LogP contribution >= 0.6 is 0 Å². The summed E-state index contributed by atoms with van der Waals surface area (Å²) in [6.07, 6.45) is 5.20. The molecular formula is C31H33N3O3. The first-order valence-corrected chi connectivity index (χ1v) is 13.2. The Kier molecular flexibility index (Phi) is 7.76. The van der Waals surface area contributed by atoms with Crippen molar-refractivity contribution in [2.75, 3.05) is 25.0 Å². The predicted molar refractivity (Wildman–Crippen MR) is 147 cm³/mol. The van der Waals surface area contributed by atoms with E-state index in [1.165, 1.54) is 31.2 Å². The van der Waals surface area contributed by atoms with Crippen LogP contribution in [-0.2, 0) is 16.1 Å². The van der Waals surface area contributed by atoms with Gasteiger partial charge >= 0.3 is 5.97 Å². The molecule has 1 amide bonds. The van der Waals surface area contributed by atoms with Crippen LogP contribution in [0.5, 0.6) is 0 Å². The van der Waals surface area contributed by atoms with Gasteiger partial charge in [0, 0.05) is 12.2 Å². The van der Waals surface area contributed by atoms with E-state index in [0.717, 1.165) is 36.4 Å². The molecule has 1 atom stereocenters. The van der Waals surface area contributed by atoms with Crippen LogP contribution in [0.2, 0.25) is 0 Å². The van der Waals surface area contributed by atoms with Crippen molar-refractivity contribution in [1.29, 1.82) is 0 Å². The first kappa shape index (κ1) is 24.9. The van der Waals surface area contributed by atoms with Gasteiger partial charge in [-0.15, -0.1) is 0 Å². The highest BCUT2D eigenvalue weighted by atomic mass is 16.5. The maximum atomic E-state index is 13.2. The molecule has 0 saturated carbocycles. The molecular weight excluding hydrogens is 462 g/mol. The van der Waals surface area contributed by atoms with E-state index in [1.54, 1.807) is 19.1 Å². The summed E-state index contributed by atoms with van der Waals surface area (Å²) < 4.78 is 5.12. The summed E-state index contributed by atoms with van der Waals surface area (Å²) in [4.78, 5) is 33.0. The van der Waals surface area contributed by atoms with Crippen molar-refractivity contribution in [3.05, 3.63) is 95.1 Å². The molecule has 37 heavy (non-hydrogen) atoms. The molecule has 1 saturated heterocycles. The largest absolute Gasteiger partial charge is 0.462 e. The Hall–Kier alpha value is -3.77. The lowest BCUT2D eigenvalue weighted by Gasteiger charge is -2.19. The molecule has 2 heterocycles. The topological polar surface area (TPSA) is 71.0 Å². The average molecular weight is 496 g/mol. The highest BCUT2D eigenvalue weighted by Gasteiger charge is 2.36. The van der Waals surface area contributed by atoms with E-state index in [2.05, 4.69) is 22.3 Å². The van der Waals surface area contributed by atoms with Gasteiger partial charge in [0.25, 0.3) is 0 Å². The molecule has 0 aromatic heterocycles. The molecule has 1 unspecified atom stereocenters. The van der Waals surface area contributed by atoms with Gasteiger partial charge < -0.3 is 10.1 Å². The number of esters is 1. The lowest BCUT2D eigenvalue weighted by Crippen LogP contribution is -2.23. The quantitative estimate of drug-likeness (QED) is 0.318. The molecule has 1 N–H and O–H groups in total. The number of nitrogens with one attached hydrogen (secondary N) is 1. The lowest BCUT2D eigenvalue weighted by molar-refractivity contribution is -0.115. The van der Waals surface area contributed by atoms with Gasteiger partial charge in [0.2, 0.25) is 5.91 Å². The number of anilines is 1. The van der Waals surface area contributed by atoms with E-state index < -0.39 is 11.9 Å². The van der Waals surface area contributed by atoms with E-state index in [1.807, 2.05) is 48.5 Å². The maximum Gasteiger partial charge on any atom is 0.338 e. The number of amides is 1. The van der Waals surface area contributed by atoms with Crippen LogP contribution in [0.1, 0.15) is 65.6 Å². The van der Waals surface area contributed by atoms with Crippen LogP contribution < -0.4 is 5.32 Å². The number of hydrogen-bond donors (Lipinski definition) is 1. The number of fused-ring (bicyclic) bond motifs is 1. The molecule has 3 aromatic carbocycles. The van der Waals surface area contributed by atoms with Gasteiger partial charge in [0.1, 0.15) is 5.92 Å². The number of carbonyl (C=O) groups is 2. The van der Waals surface area contributed by atoms with Crippen LogP contribution in [0.4, 0.5) is 11.4 Å². The van der Waals surface area contributed by atoms with E-state index in [9.17, 15) is 9.59 Å². The lowest BCUT2D eigenvalue weighted by atomic mass is 9.90. The van der Waals surface area contributed by atoms with E-state index in [0.29, 0.717) is 23.6 Å². The number of carbonyl (C=O) groups excluding carboxylic acids is 2. The van der Waals surface area contributed by atoms with Crippen LogP contribution in [0.3, 0.4) is 0 Å².